The molecule has 1 heterocycles. The molecule has 0 aromatic carbocycles. The van der Waals surface area contributed by atoms with Crippen LogP contribution in [0.1, 0.15) is 69.2 Å². The van der Waals surface area contributed by atoms with E-state index in [0.717, 1.165) is 0 Å². The molecule has 0 aliphatic carbocycles. The van der Waals surface area contributed by atoms with Crippen LogP contribution in [-0.4, -0.2) is 65.8 Å². The normalized spacial score (nSPS) is 21.4. The predicted molar refractivity (Wildman–Crippen MR) is 116 cm³/mol. The van der Waals surface area contributed by atoms with Crippen molar-refractivity contribution in [2.45, 2.75) is 87.2 Å². The van der Waals surface area contributed by atoms with Crippen LogP contribution in [0.3, 0.4) is 0 Å². The molecule has 0 unspecified atom stereocenters. The lowest BCUT2D eigenvalue weighted by molar-refractivity contribution is -0.166. The van der Waals surface area contributed by atoms with Gasteiger partial charge in [0.15, 0.2) is 18.0 Å². The Morgan fingerprint density at radius 1 is 0.655 bits per heavy atom. The number of hydrogen-bond donors (Lipinski definition) is 0. The summed E-state index contributed by atoms with van der Waals surface area (Å²) in [5.74, 6) is 0.0709. The van der Waals surface area contributed by atoms with E-state index < -0.39 is 18.0 Å². The third-order valence-corrected chi connectivity index (χ3v) is 4.55. The second-order valence-electron chi connectivity index (χ2n) is 10.5. The average Bonchev–Trinajstić information content (AvgIpc) is 2.86. The second-order valence-corrected chi connectivity index (χ2v) is 10.5. The van der Waals surface area contributed by atoms with Crippen LogP contribution >= 0.6 is 0 Å². The summed E-state index contributed by atoms with van der Waals surface area (Å²) >= 11 is 0. The number of amides is 2. The Hall–Kier alpha value is -1.14. The Balaban J connectivity index is 3.14. The maximum absolute atomic E-state index is 13.4. The van der Waals surface area contributed by atoms with Crippen LogP contribution in [0.5, 0.6) is 0 Å². The van der Waals surface area contributed by atoms with Crippen molar-refractivity contribution in [3.63, 3.8) is 0 Å². The summed E-state index contributed by atoms with van der Waals surface area (Å²) in [6, 6.07) is 0. The molecule has 1 aliphatic rings. The van der Waals surface area contributed by atoms with E-state index in [1.165, 1.54) is 0 Å². The fourth-order valence-corrected chi connectivity index (χ4v) is 3.75. The molecule has 0 spiro atoms. The number of ether oxygens (including phenoxy) is 2. The first-order valence-corrected chi connectivity index (χ1v) is 11.2. The summed E-state index contributed by atoms with van der Waals surface area (Å²) < 4.78 is 12.0. The molecule has 1 rings (SSSR count). The van der Waals surface area contributed by atoms with Crippen LogP contribution in [0.2, 0.25) is 0 Å². The first-order chi connectivity index (χ1) is 13.2. The Morgan fingerprint density at radius 3 is 1.10 bits per heavy atom. The van der Waals surface area contributed by atoms with Gasteiger partial charge < -0.3 is 19.3 Å². The van der Waals surface area contributed by atoms with E-state index in [1.54, 1.807) is 13.8 Å². The highest BCUT2D eigenvalue weighted by molar-refractivity contribution is 5.91. The molecule has 6 heteroatoms. The molecule has 1 fully saturated rings. The third-order valence-electron chi connectivity index (χ3n) is 4.55. The largest absolute Gasteiger partial charge is 0.340 e. The molecule has 6 nitrogen and oxygen atoms in total. The molecular weight excluding hydrogens is 368 g/mol. The molecule has 0 radical (unpaired) electrons. The number of carbonyl (C=O) groups is 2. The molecule has 2 amide bonds. The molecule has 29 heavy (non-hydrogen) atoms. The Bertz CT molecular complexity index is 477. The zero-order valence-electron chi connectivity index (χ0n) is 20.3. The van der Waals surface area contributed by atoms with Crippen molar-refractivity contribution in [1.29, 1.82) is 0 Å². The van der Waals surface area contributed by atoms with Gasteiger partial charge in [-0.25, -0.2) is 0 Å². The highest BCUT2D eigenvalue weighted by Crippen LogP contribution is 2.31. The molecule has 0 aromatic heterocycles. The van der Waals surface area contributed by atoms with Crippen LogP contribution in [0.15, 0.2) is 0 Å². The smallest absolute Gasteiger partial charge is 0.255 e. The minimum Gasteiger partial charge on any atom is -0.340 e. The number of carbonyl (C=O) groups excluding carboxylic acids is 2. The van der Waals surface area contributed by atoms with Gasteiger partial charge in [0.25, 0.3) is 11.8 Å². The van der Waals surface area contributed by atoms with Crippen molar-refractivity contribution in [3.05, 3.63) is 0 Å². The Morgan fingerprint density at radius 2 is 0.897 bits per heavy atom. The predicted octanol–water partition coefficient (Wildman–Crippen LogP) is 3.79. The Labute approximate surface area is 178 Å². The number of hydrogen-bond acceptors (Lipinski definition) is 4. The van der Waals surface area contributed by atoms with Crippen LogP contribution < -0.4 is 0 Å². The van der Waals surface area contributed by atoms with Crippen LogP contribution in [-0.2, 0) is 19.1 Å². The van der Waals surface area contributed by atoms with E-state index in [4.69, 9.17) is 9.47 Å². The van der Waals surface area contributed by atoms with E-state index >= 15 is 0 Å². The maximum Gasteiger partial charge on any atom is 0.255 e. The molecule has 0 N–H and O–H groups in total. The second kappa shape index (κ2) is 10.8. The molecule has 0 aromatic rings. The molecule has 0 saturated carbocycles. The quantitative estimate of drug-likeness (QED) is 0.548. The number of rotatable bonds is 10. The fourth-order valence-electron chi connectivity index (χ4n) is 3.75. The van der Waals surface area contributed by atoms with Gasteiger partial charge in [0.1, 0.15) is 0 Å². The fraction of sp³-hybridized carbons (Fsp3) is 0.913. The van der Waals surface area contributed by atoms with Crippen LogP contribution in [0, 0.1) is 23.7 Å². The summed E-state index contributed by atoms with van der Waals surface area (Å²) in [4.78, 5) is 30.5. The van der Waals surface area contributed by atoms with Crippen molar-refractivity contribution in [2.24, 2.45) is 23.7 Å². The lowest BCUT2D eigenvalue weighted by Crippen LogP contribution is -2.52. The average molecular weight is 413 g/mol. The van der Waals surface area contributed by atoms with Crippen molar-refractivity contribution < 1.29 is 19.1 Å². The van der Waals surface area contributed by atoms with E-state index in [0.29, 0.717) is 49.9 Å². The highest BCUT2D eigenvalue weighted by atomic mass is 16.8. The van der Waals surface area contributed by atoms with Crippen molar-refractivity contribution in [2.75, 3.05) is 26.2 Å². The van der Waals surface area contributed by atoms with Gasteiger partial charge in [-0.1, -0.05) is 55.4 Å². The van der Waals surface area contributed by atoms with Gasteiger partial charge in [-0.05, 0) is 37.5 Å². The van der Waals surface area contributed by atoms with Gasteiger partial charge in [0, 0.05) is 26.2 Å². The van der Waals surface area contributed by atoms with E-state index in [1.807, 2.05) is 9.80 Å². The van der Waals surface area contributed by atoms with Gasteiger partial charge >= 0.3 is 0 Å². The van der Waals surface area contributed by atoms with Crippen molar-refractivity contribution in [3.8, 4) is 0 Å². The first kappa shape index (κ1) is 25.9. The summed E-state index contributed by atoms with van der Waals surface area (Å²) in [7, 11) is 0. The van der Waals surface area contributed by atoms with Crippen LogP contribution in [0.4, 0.5) is 0 Å². The lowest BCUT2D eigenvalue weighted by atomic mass is 10.1. The monoisotopic (exact) mass is 412 g/mol. The van der Waals surface area contributed by atoms with E-state index in [9.17, 15) is 9.59 Å². The maximum atomic E-state index is 13.4. The molecule has 1 aliphatic heterocycles. The van der Waals surface area contributed by atoms with Crippen molar-refractivity contribution in [1.82, 2.24) is 9.80 Å². The molecule has 170 valence electrons. The van der Waals surface area contributed by atoms with E-state index in [-0.39, 0.29) is 11.8 Å². The highest BCUT2D eigenvalue weighted by Gasteiger charge is 2.51. The summed E-state index contributed by atoms with van der Waals surface area (Å²) in [6.45, 7) is 22.8. The molecule has 0 bridgehead atoms. The third kappa shape index (κ3) is 8.25. The summed E-state index contributed by atoms with van der Waals surface area (Å²) in [6.07, 6.45) is -1.81. The molecular formula is C23H44N2O4. The van der Waals surface area contributed by atoms with Gasteiger partial charge in [-0.2, -0.15) is 0 Å². The first-order valence-electron chi connectivity index (χ1n) is 11.2. The SMILES string of the molecule is CC(C)CN(CC(C)C)C(=O)[C@@H]1OC(C)(C)O[C@H]1C(=O)N(CC(C)C)CC(C)C. The Kier molecular flexibility index (Phi) is 9.61. The number of nitrogens with zero attached hydrogens (tertiary/aromatic N) is 2. The molecule has 2 atom stereocenters. The van der Waals surface area contributed by atoms with Gasteiger partial charge in [-0.3, -0.25) is 9.59 Å². The minimum absolute atomic E-state index is 0.148. The summed E-state index contributed by atoms with van der Waals surface area (Å²) in [5, 5.41) is 0. The van der Waals surface area contributed by atoms with Gasteiger partial charge in [0.2, 0.25) is 0 Å². The molecule has 1 saturated heterocycles. The van der Waals surface area contributed by atoms with E-state index in [2.05, 4.69) is 55.4 Å². The minimum atomic E-state index is -0.969. The van der Waals surface area contributed by atoms with Gasteiger partial charge in [-0.15, -0.1) is 0 Å². The van der Waals surface area contributed by atoms with Crippen molar-refractivity contribution >= 4 is 11.8 Å². The zero-order chi connectivity index (χ0) is 22.5. The summed E-state index contributed by atoms with van der Waals surface area (Å²) in [5.41, 5.74) is 0. The van der Waals surface area contributed by atoms with Gasteiger partial charge in [0.05, 0.1) is 0 Å². The standard InChI is InChI=1S/C23H44N2O4/c1-15(2)11-24(12-16(3)4)21(26)19-20(29-23(9,10)28-19)22(27)25(13-17(5)6)14-18(7)8/h15-20H,11-14H2,1-10H3/t19-,20-/m1/s1. The van der Waals surface area contributed by atoms with Crippen LogP contribution in [0.25, 0.3) is 0 Å². The topological polar surface area (TPSA) is 59.1 Å². The lowest BCUT2D eigenvalue weighted by Gasteiger charge is -2.32. The zero-order valence-corrected chi connectivity index (χ0v) is 20.3.